The maximum Gasteiger partial charge on any atom is 0.0640 e. The number of anilines is 3. The Balaban J connectivity index is 1.30. The van der Waals surface area contributed by atoms with Crippen molar-refractivity contribution < 1.29 is 0 Å². The van der Waals surface area contributed by atoms with E-state index in [-0.39, 0.29) is 0 Å². The summed E-state index contributed by atoms with van der Waals surface area (Å²) in [5.41, 5.74) is 8.45. The first-order valence-electron chi connectivity index (χ1n) is 16.6. The molecule has 0 spiro atoms. The number of thiophene rings is 2. The van der Waals surface area contributed by atoms with Crippen LogP contribution in [-0.2, 0) is 0 Å². The van der Waals surface area contributed by atoms with Crippen LogP contribution < -0.4 is 4.90 Å². The van der Waals surface area contributed by atoms with Crippen molar-refractivity contribution in [3.8, 4) is 22.3 Å². The Morgan fingerprint density at radius 1 is 0.347 bits per heavy atom. The highest BCUT2D eigenvalue weighted by Crippen LogP contribution is 2.51. The van der Waals surface area contributed by atoms with E-state index in [0.29, 0.717) is 0 Å². The van der Waals surface area contributed by atoms with E-state index >= 15 is 0 Å². The van der Waals surface area contributed by atoms with Crippen molar-refractivity contribution in [1.29, 1.82) is 0 Å². The minimum absolute atomic E-state index is 1.14. The lowest BCUT2D eigenvalue weighted by Crippen LogP contribution is -2.10. The molecular formula is C46H29NS2. The molecule has 3 heteroatoms. The monoisotopic (exact) mass is 659 g/mol. The maximum absolute atomic E-state index is 2.50. The third-order valence-corrected chi connectivity index (χ3v) is 12.2. The Kier molecular flexibility index (Phi) is 6.61. The fourth-order valence-corrected chi connectivity index (χ4v) is 9.97. The molecule has 10 aromatic rings. The summed E-state index contributed by atoms with van der Waals surface area (Å²) in [5, 5.41) is 7.76. The van der Waals surface area contributed by atoms with E-state index in [4.69, 9.17) is 0 Å². The van der Waals surface area contributed by atoms with Crippen LogP contribution in [-0.4, -0.2) is 0 Å². The van der Waals surface area contributed by atoms with Crippen molar-refractivity contribution in [3.63, 3.8) is 0 Å². The molecule has 0 radical (unpaired) electrons. The predicted molar refractivity (Wildman–Crippen MR) is 215 cm³/mol. The van der Waals surface area contributed by atoms with Gasteiger partial charge in [-0.25, -0.2) is 0 Å². The van der Waals surface area contributed by atoms with E-state index in [1.54, 1.807) is 0 Å². The topological polar surface area (TPSA) is 3.24 Å². The van der Waals surface area contributed by atoms with Gasteiger partial charge in [0.2, 0.25) is 0 Å². The van der Waals surface area contributed by atoms with Gasteiger partial charge in [0.1, 0.15) is 0 Å². The number of rotatable bonds is 5. The van der Waals surface area contributed by atoms with Crippen LogP contribution >= 0.6 is 22.7 Å². The van der Waals surface area contributed by atoms with Crippen LogP contribution in [0.3, 0.4) is 0 Å². The van der Waals surface area contributed by atoms with Crippen molar-refractivity contribution in [1.82, 2.24) is 0 Å². The molecule has 2 aromatic heterocycles. The quantitative estimate of drug-likeness (QED) is 0.178. The van der Waals surface area contributed by atoms with Gasteiger partial charge in [0.15, 0.2) is 0 Å². The first kappa shape index (κ1) is 28.3. The average molecular weight is 660 g/mol. The van der Waals surface area contributed by atoms with Gasteiger partial charge in [-0.15, -0.1) is 22.7 Å². The lowest BCUT2D eigenvalue weighted by atomic mass is 9.98. The number of hydrogen-bond acceptors (Lipinski definition) is 3. The van der Waals surface area contributed by atoms with Crippen LogP contribution in [0.5, 0.6) is 0 Å². The molecule has 10 rings (SSSR count). The minimum atomic E-state index is 1.14. The second-order valence-corrected chi connectivity index (χ2v) is 14.5. The molecular weight excluding hydrogens is 631 g/mol. The molecule has 0 amide bonds. The predicted octanol–water partition coefficient (Wildman–Crippen LogP) is 14.4. The van der Waals surface area contributed by atoms with E-state index < -0.39 is 0 Å². The molecule has 230 valence electrons. The lowest BCUT2D eigenvalue weighted by Gasteiger charge is -2.28. The summed E-state index contributed by atoms with van der Waals surface area (Å²) >= 11 is 3.80. The molecule has 0 aliphatic heterocycles. The fourth-order valence-electron chi connectivity index (χ4n) is 7.37. The Labute approximate surface area is 292 Å². The molecule has 8 aromatic carbocycles. The first-order valence-corrected chi connectivity index (χ1v) is 18.2. The number of hydrogen-bond donors (Lipinski definition) is 0. The average Bonchev–Trinajstić information content (AvgIpc) is 3.76. The van der Waals surface area contributed by atoms with Gasteiger partial charge < -0.3 is 4.90 Å². The molecule has 0 unspecified atom stereocenters. The second kappa shape index (κ2) is 11.5. The van der Waals surface area contributed by atoms with Crippen LogP contribution in [0.25, 0.3) is 73.4 Å². The highest BCUT2D eigenvalue weighted by Gasteiger charge is 2.24. The Morgan fingerprint density at radius 2 is 1.02 bits per heavy atom. The highest BCUT2D eigenvalue weighted by atomic mass is 32.1. The lowest BCUT2D eigenvalue weighted by molar-refractivity contribution is 1.32. The summed E-state index contributed by atoms with van der Waals surface area (Å²) in [6.07, 6.45) is 0. The SMILES string of the molecule is c1ccc(-c2ccc(N(c3cccc4c3sc3ccccc34)c3ccc(-c4ccccc4)c4sc5c6ccccc6ccc5c34)cc2)cc1. The largest absolute Gasteiger partial charge is 0.308 e. The van der Waals surface area contributed by atoms with Gasteiger partial charge in [-0.3, -0.25) is 0 Å². The molecule has 0 aliphatic carbocycles. The third kappa shape index (κ3) is 4.58. The zero-order valence-electron chi connectivity index (χ0n) is 26.5. The minimum Gasteiger partial charge on any atom is -0.308 e. The van der Waals surface area contributed by atoms with Gasteiger partial charge in [0.05, 0.1) is 16.1 Å². The van der Waals surface area contributed by atoms with Gasteiger partial charge in [-0.2, -0.15) is 0 Å². The van der Waals surface area contributed by atoms with Crippen LogP contribution in [0.1, 0.15) is 0 Å². The number of benzene rings is 8. The summed E-state index contributed by atoms with van der Waals surface area (Å²) in [5.74, 6) is 0. The molecule has 0 aliphatic rings. The third-order valence-electron chi connectivity index (χ3n) is 9.67. The molecule has 0 N–H and O–H groups in total. The van der Waals surface area contributed by atoms with E-state index in [1.807, 2.05) is 22.7 Å². The van der Waals surface area contributed by atoms with Crippen LogP contribution in [0, 0.1) is 0 Å². The molecule has 0 bridgehead atoms. The van der Waals surface area contributed by atoms with Gasteiger partial charge in [0, 0.05) is 41.3 Å². The van der Waals surface area contributed by atoms with Crippen molar-refractivity contribution in [2.75, 3.05) is 4.90 Å². The molecule has 0 fully saturated rings. The molecule has 1 nitrogen and oxygen atoms in total. The van der Waals surface area contributed by atoms with E-state index in [1.165, 1.54) is 84.7 Å². The smallest absolute Gasteiger partial charge is 0.0640 e. The number of fused-ring (bicyclic) bond motifs is 8. The van der Waals surface area contributed by atoms with Gasteiger partial charge in [0.25, 0.3) is 0 Å². The number of nitrogens with zero attached hydrogens (tertiary/aromatic N) is 1. The highest BCUT2D eigenvalue weighted by molar-refractivity contribution is 7.27. The molecule has 0 saturated heterocycles. The van der Waals surface area contributed by atoms with Crippen molar-refractivity contribution in [3.05, 3.63) is 176 Å². The Hall–Kier alpha value is -5.74. The summed E-state index contributed by atoms with van der Waals surface area (Å²) in [6.45, 7) is 0. The van der Waals surface area contributed by atoms with Crippen LogP contribution in [0.4, 0.5) is 17.1 Å². The second-order valence-electron chi connectivity index (χ2n) is 12.5. The van der Waals surface area contributed by atoms with E-state index in [2.05, 4.69) is 181 Å². The molecule has 49 heavy (non-hydrogen) atoms. The first-order chi connectivity index (χ1) is 24.3. The van der Waals surface area contributed by atoms with E-state index in [0.717, 1.165) is 5.69 Å². The summed E-state index contributed by atoms with van der Waals surface area (Å²) in [7, 11) is 0. The summed E-state index contributed by atoms with van der Waals surface area (Å²) in [6, 6.07) is 64.2. The standard InChI is InChI=1S/C46H29NS2/c1-3-12-30(13-4-1)31-22-25-34(26-23-31)47(41-20-11-19-38-37-18-9-10-21-42(37)48-45(38)41)40-29-28-36(32-14-5-2-6-15-32)46-43(40)39-27-24-33-16-7-8-17-35(33)44(39)49-46/h1-29H. The van der Waals surface area contributed by atoms with Gasteiger partial charge >= 0.3 is 0 Å². The zero-order chi connectivity index (χ0) is 32.3. The van der Waals surface area contributed by atoms with Crippen LogP contribution in [0.15, 0.2) is 176 Å². The van der Waals surface area contributed by atoms with Gasteiger partial charge in [-0.05, 0) is 63.4 Å². The zero-order valence-corrected chi connectivity index (χ0v) is 28.1. The molecule has 0 atom stereocenters. The maximum atomic E-state index is 2.50. The Bertz CT molecular complexity index is 2810. The summed E-state index contributed by atoms with van der Waals surface area (Å²) < 4.78 is 5.24. The summed E-state index contributed by atoms with van der Waals surface area (Å²) in [4.78, 5) is 2.50. The van der Waals surface area contributed by atoms with Gasteiger partial charge in [-0.1, -0.05) is 146 Å². The normalized spacial score (nSPS) is 11.7. The molecule has 0 saturated carbocycles. The van der Waals surface area contributed by atoms with Crippen molar-refractivity contribution >= 4 is 90.9 Å². The Morgan fingerprint density at radius 3 is 1.84 bits per heavy atom. The van der Waals surface area contributed by atoms with E-state index in [9.17, 15) is 0 Å². The van der Waals surface area contributed by atoms with Crippen LogP contribution in [0.2, 0.25) is 0 Å². The van der Waals surface area contributed by atoms with Crippen molar-refractivity contribution in [2.45, 2.75) is 0 Å². The van der Waals surface area contributed by atoms with Crippen molar-refractivity contribution in [2.24, 2.45) is 0 Å². The fraction of sp³-hybridized carbons (Fsp3) is 0. The molecule has 2 heterocycles.